The van der Waals surface area contributed by atoms with Crippen LogP contribution < -0.4 is 16.0 Å². The van der Waals surface area contributed by atoms with Crippen LogP contribution in [0.25, 0.3) is 10.7 Å². The van der Waals surface area contributed by atoms with E-state index < -0.39 is 6.03 Å². The molecule has 25 heavy (non-hydrogen) atoms. The van der Waals surface area contributed by atoms with E-state index in [4.69, 9.17) is 4.42 Å². The van der Waals surface area contributed by atoms with E-state index in [1.807, 2.05) is 18.2 Å². The molecule has 0 aliphatic heterocycles. The van der Waals surface area contributed by atoms with Gasteiger partial charge in [-0.05, 0) is 24.3 Å². The second kappa shape index (κ2) is 8.02. The Balaban J connectivity index is 1.41. The van der Waals surface area contributed by atoms with Crippen LogP contribution in [-0.4, -0.2) is 40.2 Å². The third kappa shape index (κ3) is 4.61. The van der Waals surface area contributed by atoms with E-state index in [0.717, 1.165) is 0 Å². The standard InChI is InChI=1S/C15H14N6O3S/c22-12(11-5-3-9-24-11)17-7-8-18-14(23)19-15-21-20-13(25-15)10-4-1-2-6-16-10/h1-6,9H,7-8H2,(H,17,22)(H2,18,19,21,23). The van der Waals surface area contributed by atoms with Crippen molar-refractivity contribution in [2.45, 2.75) is 0 Å². The first-order chi connectivity index (χ1) is 12.2. The minimum absolute atomic E-state index is 0.223. The third-order valence-electron chi connectivity index (χ3n) is 2.97. The summed E-state index contributed by atoms with van der Waals surface area (Å²) in [6.45, 7) is 0.520. The number of anilines is 1. The van der Waals surface area contributed by atoms with Gasteiger partial charge in [0.1, 0.15) is 5.69 Å². The molecule has 0 radical (unpaired) electrons. The van der Waals surface area contributed by atoms with Gasteiger partial charge >= 0.3 is 6.03 Å². The molecule has 10 heteroatoms. The van der Waals surface area contributed by atoms with Gasteiger partial charge in [0, 0.05) is 19.3 Å². The minimum Gasteiger partial charge on any atom is -0.459 e. The Morgan fingerprint density at radius 3 is 2.72 bits per heavy atom. The summed E-state index contributed by atoms with van der Waals surface area (Å²) in [5.74, 6) is -0.114. The molecule has 3 aromatic rings. The van der Waals surface area contributed by atoms with Crippen LogP contribution in [0.4, 0.5) is 9.93 Å². The fraction of sp³-hybridized carbons (Fsp3) is 0.133. The first-order valence-corrected chi connectivity index (χ1v) is 8.15. The maximum Gasteiger partial charge on any atom is 0.321 e. The average Bonchev–Trinajstić information content (AvgIpc) is 3.31. The van der Waals surface area contributed by atoms with Crippen molar-refractivity contribution in [3.05, 3.63) is 48.6 Å². The lowest BCUT2D eigenvalue weighted by Crippen LogP contribution is -2.36. The molecule has 0 unspecified atom stereocenters. The molecular formula is C15H14N6O3S. The molecule has 3 N–H and O–H groups in total. The number of nitrogens with zero attached hydrogens (tertiary/aromatic N) is 3. The number of amides is 3. The molecule has 0 atom stereocenters. The van der Waals surface area contributed by atoms with Gasteiger partial charge in [0.15, 0.2) is 10.8 Å². The number of nitrogens with one attached hydrogen (secondary N) is 3. The molecule has 3 heterocycles. The van der Waals surface area contributed by atoms with Crippen molar-refractivity contribution in [3.8, 4) is 10.7 Å². The normalized spacial score (nSPS) is 10.2. The van der Waals surface area contributed by atoms with Crippen molar-refractivity contribution in [1.82, 2.24) is 25.8 Å². The zero-order chi connectivity index (χ0) is 17.5. The maximum atomic E-state index is 11.8. The quantitative estimate of drug-likeness (QED) is 0.577. The fourth-order valence-electron chi connectivity index (χ4n) is 1.85. The SMILES string of the molecule is O=C(NCCNC(=O)c1ccco1)Nc1nnc(-c2ccccn2)s1. The molecule has 128 valence electrons. The van der Waals surface area contributed by atoms with E-state index in [2.05, 4.69) is 31.1 Å². The van der Waals surface area contributed by atoms with Crippen molar-refractivity contribution in [1.29, 1.82) is 0 Å². The molecule has 0 saturated heterocycles. The molecule has 0 aliphatic rings. The van der Waals surface area contributed by atoms with E-state index in [1.165, 1.54) is 17.6 Å². The summed E-state index contributed by atoms with van der Waals surface area (Å²) in [6, 6.07) is 8.22. The van der Waals surface area contributed by atoms with Gasteiger partial charge in [0.25, 0.3) is 5.91 Å². The first kappa shape index (κ1) is 16.6. The molecular weight excluding hydrogens is 344 g/mol. The smallest absolute Gasteiger partial charge is 0.321 e. The number of hydrogen-bond donors (Lipinski definition) is 3. The van der Waals surface area contributed by atoms with Crippen LogP contribution in [-0.2, 0) is 0 Å². The molecule has 0 aromatic carbocycles. The predicted octanol–water partition coefficient (Wildman–Crippen LogP) is 1.74. The van der Waals surface area contributed by atoms with Gasteiger partial charge in [-0.3, -0.25) is 15.1 Å². The molecule has 9 nitrogen and oxygen atoms in total. The van der Waals surface area contributed by atoms with Crippen molar-refractivity contribution in [2.24, 2.45) is 0 Å². The van der Waals surface area contributed by atoms with Gasteiger partial charge in [-0.1, -0.05) is 17.4 Å². The van der Waals surface area contributed by atoms with E-state index >= 15 is 0 Å². The van der Waals surface area contributed by atoms with Crippen molar-refractivity contribution in [3.63, 3.8) is 0 Å². The second-order valence-corrected chi connectivity index (χ2v) is 5.72. The lowest BCUT2D eigenvalue weighted by atomic mass is 10.4. The fourth-order valence-corrected chi connectivity index (χ4v) is 2.57. The molecule has 3 amide bonds. The topological polar surface area (TPSA) is 122 Å². The number of urea groups is 1. The van der Waals surface area contributed by atoms with Crippen LogP contribution in [0.3, 0.4) is 0 Å². The van der Waals surface area contributed by atoms with Gasteiger partial charge in [-0.25, -0.2) is 4.79 Å². The predicted molar refractivity (Wildman–Crippen MR) is 91.2 cm³/mol. The zero-order valence-electron chi connectivity index (χ0n) is 12.9. The molecule has 0 bridgehead atoms. The highest BCUT2D eigenvalue weighted by molar-refractivity contribution is 7.18. The Morgan fingerprint density at radius 1 is 1.08 bits per heavy atom. The van der Waals surface area contributed by atoms with Crippen LogP contribution >= 0.6 is 11.3 Å². The number of carbonyl (C=O) groups excluding carboxylic acids is 2. The largest absolute Gasteiger partial charge is 0.459 e. The zero-order valence-corrected chi connectivity index (χ0v) is 13.7. The van der Waals surface area contributed by atoms with Gasteiger partial charge in [0.05, 0.1) is 6.26 Å². The van der Waals surface area contributed by atoms with E-state index in [1.54, 1.807) is 18.3 Å². The summed E-state index contributed by atoms with van der Waals surface area (Å²) in [6.07, 6.45) is 3.08. The molecule has 0 fully saturated rings. The van der Waals surface area contributed by atoms with Gasteiger partial charge in [-0.2, -0.15) is 0 Å². The highest BCUT2D eigenvalue weighted by Gasteiger charge is 2.10. The number of hydrogen-bond acceptors (Lipinski definition) is 7. The van der Waals surface area contributed by atoms with Gasteiger partial charge < -0.3 is 15.1 Å². The Kier molecular flexibility index (Phi) is 5.32. The van der Waals surface area contributed by atoms with Crippen LogP contribution in [0.15, 0.2) is 47.2 Å². The maximum absolute atomic E-state index is 11.8. The number of carbonyl (C=O) groups is 2. The minimum atomic E-state index is -0.434. The summed E-state index contributed by atoms with van der Waals surface area (Å²) in [7, 11) is 0. The van der Waals surface area contributed by atoms with E-state index in [-0.39, 0.29) is 24.8 Å². The van der Waals surface area contributed by atoms with Crippen LogP contribution in [0.1, 0.15) is 10.6 Å². The number of furan rings is 1. The molecule has 0 aliphatic carbocycles. The highest BCUT2D eigenvalue weighted by atomic mass is 32.1. The lowest BCUT2D eigenvalue weighted by molar-refractivity contribution is 0.0926. The van der Waals surface area contributed by atoms with Gasteiger partial charge in [-0.15, -0.1) is 10.2 Å². The monoisotopic (exact) mass is 358 g/mol. The summed E-state index contributed by atoms with van der Waals surface area (Å²) >= 11 is 1.22. The van der Waals surface area contributed by atoms with Crippen LogP contribution in [0, 0.1) is 0 Å². The van der Waals surface area contributed by atoms with E-state index in [0.29, 0.717) is 15.8 Å². The Bertz CT molecular complexity index is 834. The lowest BCUT2D eigenvalue weighted by Gasteiger charge is -2.05. The van der Waals surface area contributed by atoms with Crippen molar-refractivity contribution < 1.29 is 14.0 Å². The number of rotatable bonds is 6. The Labute approximate surface area is 146 Å². The second-order valence-electron chi connectivity index (χ2n) is 4.74. The Hall–Kier alpha value is -3.27. The molecule has 0 saturated carbocycles. The van der Waals surface area contributed by atoms with E-state index in [9.17, 15) is 9.59 Å². The summed E-state index contributed by atoms with van der Waals surface area (Å²) in [5.41, 5.74) is 0.689. The molecule has 0 spiro atoms. The van der Waals surface area contributed by atoms with Crippen molar-refractivity contribution in [2.75, 3.05) is 18.4 Å². The van der Waals surface area contributed by atoms with Crippen LogP contribution in [0.2, 0.25) is 0 Å². The number of pyridine rings is 1. The third-order valence-corrected chi connectivity index (χ3v) is 3.83. The van der Waals surface area contributed by atoms with Crippen LogP contribution in [0.5, 0.6) is 0 Å². The number of aromatic nitrogens is 3. The summed E-state index contributed by atoms with van der Waals surface area (Å²) in [5, 5.41) is 16.7. The molecule has 3 rings (SSSR count). The summed E-state index contributed by atoms with van der Waals surface area (Å²) in [4.78, 5) is 27.6. The van der Waals surface area contributed by atoms with Crippen molar-refractivity contribution >= 4 is 28.4 Å². The average molecular weight is 358 g/mol. The Morgan fingerprint density at radius 2 is 1.96 bits per heavy atom. The molecule has 3 aromatic heterocycles. The highest BCUT2D eigenvalue weighted by Crippen LogP contribution is 2.23. The van der Waals surface area contributed by atoms with Gasteiger partial charge in [0.2, 0.25) is 5.13 Å². The summed E-state index contributed by atoms with van der Waals surface area (Å²) < 4.78 is 4.96. The first-order valence-electron chi connectivity index (χ1n) is 7.34.